The van der Waals surface area contributed by atoms with Crippen LogP contribution >= 0.6 is 15.9 Å². The Balaban J connectivity index is 2.86. The highest BCUT2D eigenvalue weighted by atomic mass is 79.9. The number of nitrogens with one attached hydrogen (secondary N) is 2. The van der Waals surface area contributed by atoms with Gasteiger partial charge in [0.05, 0.1) is 23.1 Å². The minimum absolute atomic E-state index is 0.172. The summed E-state index contributed by atoms with van der Waals surface area (Å²) in [5.74, 6) is -0.870. The normalized spacial score (nSPS) is 13.5. The van der Waals surface area contributed by atoms with E-state index in [9.17, 15) is 13.2 Å². The van der Waals surface area contributed by atoms with Crippen LogP contribution in [0.3, 0.4) is 0 Å². The van der Waals surface area contributed by atoms with Crippen molar-refractivity contribution in [2.24, 2.45) is 0 Å². The predicted octanol–water partition coefficient (Wildman–Crippen LogP) is 1.83. The van der Waals surface area contributed by atoms with Crippen LogP contribution in [-0.4, -0.2) is 37.1 Å². The minimum atomic E-state index is -3.62. The van der Waals surface area contributed by atoms with Gasteiger partial charge in [0.2, 0.25) is 10.0 Å². The van der Waals surface area contributed by atoms with Gasteiger partial charge in [-0.25, -0.2) is 17.9 Å². The fraction of sp³-hybridized carbons (Fsp3) is 0.417. The molecule has 9 heteroatoms. The summed E-state index contributed by atoms with van der Waals surface area (Å²) in [4.78, 5) is 14.3. The van der Waals surface area contributed by atoms with Crippen LogP contribution in [0.2, 0.25) is 0 Å². The number of aromatic amines is 1. The summed E-state index contributed by atoms with van der Waals surface area (Å²) in [7, 11) is -3.62. The summed E-state index contributed by atoms with van der Waals surface area (Å²) in [6.45, 7) is 3.49. The zero-order valence-corrected chi connectivity index (χ0v) is 14.0. The van der Waals surface area contributed by atoms with Gasteiger partial charge in [0.25, 0.3) is 0 Å². The van der Waals surface area contributed by atoms with Crippen LogP contribution in [0.25, 0.3) is 0 Å². The molecule has 0 radical (unpaired) electrons. The molecule has 1 aromatic heterocycles. The summed E-state index contributed by atoms with van der Waals surface area (Å²) in [5.41, 5.74) is 0.580. The van der Waals surface area contributed by atoms with Crippen molar-refractivity contribution in [2.75, 3.05) is 6.61 Å². The molecular formula is C12H17BrN2O5S. The molecule has 118 valence electrons. The van der Waals surface area contributed by atoms with Gasteiger partial charge in [0, 0.05) is 17.8 Å². The highest BCUT2D eigenvalue weighted by molar-refractivity contribution is 9.10. The van der Waals surface area contributed by atoms with Crippen LogP contribution < -0.4 is 4.72 Å². The third kappa shape index (κ3) is 5.18. The lowest BCUT2D eigenvalue weighted by molar-refractivity contribution is 0.0519. The first-order valence-electron chi connectivity index (χ1n) is 6.14. The lowest BCUT2D eigenvalue weighted by Crippen LogP contribution is -2.32. The number of ether oxygens (including phenoxy) is 1. The summed E-state index contributed by atoms with van der Waals surface area (Å²) in [6, 6.07) is -0.540. The summed E-state index contributed by atoms with van der Waals surface area (Å²) in [5, 5.41) is 8.60. The molecule has 0 aliphatic carbocycles. The molecule has 0 bridgehead atoms. The van der Waals surface area contributed by atoms with Crippen LogP contribution in [0.5, 0.6) is 0 Å². The largest absolute Gasteiger partial charge is 0.516 e. The molecule has 0 saturated heterocycles. The number of aromatic nitrogens is 1. The Morgan fingerprint density at radius 1 is 1.62 bits per heavy atom. The number of sulfonamides is 1. The van der Waals surface area contributed by atoms with E-state index in [1.165, 1.54) is 12.3 Å². The van der Waals surface area contributed by atoms with Crippen LogP contribution in [0, 0.1) is 0 Å². The van der Waals surface area contributed by atoms with E-state index in [2.05, 4.69) is 25.6 Å². The van der Waals surface area contributed by atoms with E-state index in [0.29, 0.717) is 10.0 Å². The van der Waals surface area contributed by atoms with E-state index < -0.39 is 22.0 Å². The van der Waals surface area contributed by atoms with E-state index >= 15 is 0 Å². The fourth-order valence-corrected chi connectivity index (χ4v) is 3.68. The standard InChI is InChI=1S/C12H17BrN2O5S/c1-3-20-12(17)11-10(13)9(6-14-11)7-21(18,19)15-8(2)4-5-16/h4-6,8,14-16H,3,7H2,1-2H3/t8-/m1/s1. The van der Waals surface area contributed by atoms with Crippen molar-refractivity contribution in [1.29, 1.82) is 0 Å². The van der Waals surface area contributed by atoms with Gasteiger partial charge < -0.3 is 14.8 Å². The van der Waals surface area contributed by atoms with Gasteiger partial charge in [0.1, 0.15) is 5.69 Å². The second kappa shape index (κ2) is 7.62. The molecule has 0 saturated carbocycles. The number of esters is 1. The smallest absolute Gasteiger partial charge is 0.355 e. The molecule has 0 amide bonds. The zero-order chi connectivity index (χ0) is 16.0. The molecule has 1 atom stereocenters. The van der Waals surface area contributed by atoms with Crippen molar-refractivity contribution >= 4 is 31.9 Å². The number of H-pyrrole nitrogens is 1. The van der Waals surface area contributed by atoms with E-state index in [1.54, 1.807) is 13.8 Å². The minimum Gasteiger partial charge on any atom is -0.516 e. The first kappa shape index (κ1) is 17.7. The second-order valence-corrected chi connectivity index (χ2v) is 6.78. The van der Waals surface area contributed by atoms with Crippen molar-refractivity contribution in [2.45, 2.75) is 25.6 Å². The number of aliphatic hydroxyl groups excluding tert-OH is 1. The number of hydrogen-bond acceptors (Lipinski definition) is 5. The Kier molecular flexibility index (Phi) is 6.43. The Labute approximate surface area is 131 Å². The van der Waals surface area contributed by atoms with Crippen molar-refractivity contribution < 1.29 is 23.1 Å². The number of aliphatic hydroxyl groups is 1. The quantitative estimate of drug-likeness (QED) is 0.493. The lowest BCUT2D eigenvalue weighted by Gasteiger charge is -2.09. The van der Waals surface area contributed by atoms with E-state index in [4.69, 9.17) is 9.84 Å². The molecule has 0 fully saturated rings. The van der Waals surface area contributed by atoms with Crippen LogP contribution in [0.4, 0.5) is 0 Å². The summed E-state index contributed by atoms with van der Waals surface area (Å²) in [6.07, 6.45) is 3.51. The van der Waals surface area contributed by atoms with Crippen molar-refractivity contribution in [3.05, 3.63) is 34.3 Å². The maximum Gasteiger partial charge on any atom is 0.355 e. The number of hydrogen-bond donors (Lipinski definition) is 3. The molecule has 1 aromatic rings. The molecule has 0 aromatic carbocycles. The van der Waals surface area contributed by atoms with Crippen molar-refractivity contribution in [1.82, 2.24) is 9.71 Å². The first-order chi connectivity index (χ1) is 9.80. The Morgan fingerprint density at radius 2 is 2.29 bits per heavy atom. The van der Waals surface area contributed by atoms with Gasteiger partial charge in [-0.1, -0.05) is 0 Å². The number of carbonyl (C=O) groups is 1. The average molecular weight is 381 g/mol. The third-order valence-electron chi connectivity index (χ3n) is 2.46. The molecule has 1 heterocycles. The maximum atomic E-state index is 12.0. The van der Waals surface area contributed by atoms with Crippen LogP contribution in [-0.2, 0) is 20.5 Å². The molecule has 7 nitrogen and oxygen atoms in total. The number of rotatable bonds is 7. The number of halogens is 1. The highest BCUT2D eigenvalue weighted by Gasteiger charge is 2.21. The van der Waals surface area contributed by atoms with Crippen LogP contribution in [0.15, 0.2) is 23.0 Å². The molecule has 1 rings (SSSR count). The third-order valence-corrected chi connectivity index (χ3v) is 4.79. The first-order valence-corrected chi connectivity index (χ1v) is 8.59. The van der Waals surface area contributed by atoms with Gasteiger partial charge in [0.15, 0.2) is 0 Å². The average Bonchev–Trinajstić information content (AvgIpc) is 2.70. The van der Waals surface area contributed by atoms with Gasteiger partial charge >= 0.3 is 5.97 Å². The molecule has 0 aliphatic heterocycles. The number of carbonyl (C=O) groups excluding carboxylic acids is 1. The fourth-order valence-electron chi connectivity index (χ4n) is 1.60. The van der Waals surface area contributed by atoms with Gasteiger partial charge in [-0.05, 0) is 35.9 Å². The van der Waals surface area contributed by atoms with Gasteiger partial charge in [-0.2, -0.15) is 0 Å². The lowest BCUT2D eigenvalue weighted by atomic mass is 10.3. The van der Waals surface area contributed by atoms with Crippen LogP contribution in [0.1, 0.15) is 29.9 Å². The molecule has 21 heavy (non-hydrogen) atoms. The maximum absolute atomic E-state index is 12.0. The summed E-state index contributed by atoms with van der Waals surface area (Å²) >= 11 is 3.19. The monoisotopic (exact) mass is 380 g/mol. The molecule has 0 aliphatic rings. The Hall–Kier alpha value is -1.32. The topological polar surface area (TPSA) is 108 Å². The molecule has 0 spiro atoms. The predicted molar refractivity (Wildman–Crippen MR) is 81.4 cm³/mol. The second-order valence-electron chi connectivity index (χ2n) is 4.23. The molecule has 3 N–H and O–H groups in total. The van der Waals surface area contributed by atoms with E-state index in [0.717, 1.165) is 6.26 Å². The van der Waals surface area contributed by atoms with E-state index in [-0.39, 0.29) is 18.1 Å². The Morgan fingerprint density at radius 3 is 2.86 bits per heavy atom. The van der Waals surface area contributed by atoms with Gasteiger partial charge in [-0.15, -0.1) is 0 Å². The van der Waals surface area contributed by atoms with Gasteiger partial charge in [-0.3, -0.25) is 0 Å². The zero-order valence-electron chi connectivity index (χ0n) is 11.6. The van der Waals surface area contributed by atoms with Crippen molar-refractivity contribution in [3.8, 4) is 0 Å². The van der Waals surface area contributed by atoms with Crippen molar-refractivity contribution in [3.63, 3.8) is 0 Å². The summed E-state index contributed by atoms with van der Waals surface area (Å²) < 4.78 is 31.5. The molecular weight excluding hydrogens is 364 g/mol. The molecule has 0 unspecified atom stereocenters. The van der Waals surface area contributed by atoms with E-state index in [1.807, 2.05) is 0 Å². The Bertz CT molecular complexity index is 624. The SMILES string of the molecule is CCOC(=O)c1[nH]cc(CS(=O)(=O)N[C@H](C)C=CO)c1Br. The highest BCUT2D eigenvalue weighted by Crippen LogP contribution is 2.24.